The monoisotopic (exact) mass is 477 g/mol. The second kappa shape index (κ2) is 7.81. The normalized spacial score (nSPS) is 37.1. The molecule has 3 aliphatic heterocycles. The topological polar surface area (TPSA) is 187 Å². The third kappa shape index (κ3) is 3.03. The van der Waals surface area contributed by atoms with Gasteiger partial charge < -0.3 is 40.4 Å². The van der Waals surface area contributed by atoms with E-state index in [-0.39, 0.29) is 12.4 Å². The molecule has 0 aliphatic carbocycles. The van der Waals surface area contributed by atoms with Crippen molar-refractivity contribution in [3.05, 3.63) is 12.7 Å². The van der Waals surface area contributed by atoms with Crippen molar-refractivity contribution in [1.82, 2.24) is 29.7 Å². The summed E-state index contributed by atoms with van der Waals surface area (Å²) in [5.41, 5.74) is 3.69. The summed E-state index contributed by atoms with van der Waals surface area (Å²) in [6.07, 6.45) is -2.46. The number of aliphatic hydroxyl groups excluding tert-OH is 2. The van der Waals surface area contributed by atoms with Gasteiger partial charge in [-0.3, -0.25) is 14.2 Å². The van der Waals surface area contributed by atoms with Crippen LogP contribution in [0.4, 0.5) is 5.82 Å². The summed E-state index contributed by atoms with van der Waals surface area (Å²) in [7, 11) is 1.58. The van der Waals surface area contributed by atoms with E-state index in [1.165, 1.54) is 22.1 Å². The molecule has 2 aromatic rings. The van der Waals surface area contributed by atoms with Gasteiger partial charge in [0.05, 0.1) is 6.33 Å². The molecule has 34 heavy (non-hydrogen) atoms. The van der Waals surface area contributed by atoms with Crippen LogP contribution in [0, 0.1) is 0 Å². The molecule has 14 nitrogen and oxygen atoms in total. The molecule has 0 saturated carbocycles. The number of imidazole rings is 1. The smallest absolute Gasteiger partial charge is 0.269 e. The van der Waals surface area contributed by atoms with E-state index in [1.807, 2.05) is 0 Å². The Morgan fingerprint density at radius 2 is 2.12 bits per heavy atom. The maximum Gasteiger partial charge on any atom is 0.269 e. The highest BCUT2D eigenvalue weighted by Crippen LogP contribution is 2.49. The molecule has 3 fully saturated rings. The zero-order valence-corrected chi connectivity index (χ0v) is 18.9. The lowest BCUT2D eigenvalue weighted by atomic mass is 9.88. The number of fused-ring (bicyclic) bond motifs is 3. The molecule has 5 N–H and O–H groups in total. The van der Waals surface area contributed by atoms with Crippen LogP contribution in [0.5, 0.6) is 0 Å². The average molecular weight is 477 g/mol. The molecule has 0 spiro atoms. The minimum Gasteiger partial charge on any atom is -0.387 e. The number of nitrogens with zero attached hydrogens (tertiary/aromatic N) is 5. The Balaban J connectivity index is 1.33. The molecule has 5 rings (SSSR count). The lowest BCUT2D eigenvalue weighted by molar-refractivity contribution is -0.162. The number of amides is 2. The van der Waals surface area contributed by atoms with Crippen LogP contribution in [-0.2, 0) is 23.8 Å². The van der Waals surface area contributed by atoms with Gasteiger partial charge in [-0.15, -0.1) is 0 Å². The molecule has 184 valence electrons. The standard InChI is InChI=1S/C20H27N7O7/c1-4-32-10-5-19(2)26(3)18(31)20(10,34-19)17(30)22-6-9-12(28)13(29)16(33-9)27-8-25-11-14(21)23-7-24-15(11)27/h7-10,12-13,16,28-29H,4-6H2,1-3H3,(H,22,30)(H2,21,23,24)/t9-,10?,12-,13-,16-,19?,20?/m1/s1. The highest BCUT2D eigenvalue weighted by Gasteiger charge is 2.72. The van der Waals surface area contributed by atoms with Gasteiger partial charge in [0.1, 0.15) is 42.0 Å². The third-order valence-corrected chi connectivity index (χ3v) is 6.90. The van der Waals surface area contributed by atoms with E-state index < -0.39 is 53.8 Å². The fourth-order valence-corrected chi connectivity index (χ4v) is 4.97. The molecule has 5 heterocycles. The predicted octanol–water partition coefficient (Wildman–Crippen LogP) is -2.10. The quantitative estimate of drug-likeness (QED) is 0.334. The van der Waals surface area contributed by atoms with Crippen molar-refractivity contribution in [3.63, 3.8) is 0 Å². The average Bonchev–Trinajstić information content (AvgIpc) is 3.50. The molecule has 3 aliphatic rings. The van der Waals surface area contributed by atoms with E-state index in [0.29, 0.717) is 24.2 Å². The first-order valence-electron chi connectivity index (χ1n) is 11.0. The van der Waals surface area contributed by atoms with Crippen LogP contribution in [0.1, 0.15) is 26.5 Å². The molecule has 3 unspecified atom stereocenters. The second-order valence-electron chi connectivity index (χ2n) is 8.86. The van der Waals surface area contributed by atoms with Crippen LogP contribution in [-0.4, -0.2) is 102 Å². The molecule has 0 aromatic carbocycles. The number of hydrogen-bond donors (Lipinski definition) is 4. The first-order valence-corrected chi connectivity index (χ1v) is 11.0. The van der Waals surface area contributed by atoms with Crippen LogP contribution >= 0.6 is 0 Å². The third-order valence-electron chi connectivity index (χ3n) is 6.90. The molecule has 14 heteroatoms. The summed E-state index contributed by atoms with van der Waals surface area (Å²) < 4.78 is 18.9. The number of aromatic nitrogens is 4. The Hall–Kier alpha value is -2.91. The van der Waals surface area contributed by atoms with E-state index in [2.05, 4.69) is 20.3 Å². The number of likely N-dealkylation sites (N-methyl/N-ethyl adjacent to an activating group) is 1. The van der Waals surface area contributed by atoms with Crippen LogP contribution in [0.15, 0.2) is 12.7 Å². The summed E-state index contributed by atoms with van der Waals surface area (Å²) in [4.78, 5) is 39.8. The molecule has 2 bridgehead atoms. The number of piperidine rings is 1. The number of ether oxygens (including phenoxy) is 3. The second-order valence-corrected chi connectivity index (χ2v) is 8.86. The molecule has 7 atom stereocenters. The van der Waals surface area contributed by atoms with Crippen LogP contribution in [0.25, 0.3) is 11.2 Å². The largest absolute Gasteiger partial charge is 0.387 e. The van der Waals surface area contributed by atoms with Gasteiger partial charge in [0.25, 0.3) is 17.4 Å². The Bertz CT molecular complexity index is 1140. The van der Waals surface area contributed by atoms with E-state index >= 15 is 0 Å². The van der Waals surface area contributed by atoms with Gasteiger partial charge in [-0.05, 0) is 13.8 Å². The van der Waals surface area contributed by atoms with Gasteiger partial charge in [0.2, 0.25) is 0 Å². The summed E-state index contributed by atoms with van der Waals surface area (Å²) in [5.74, 6) is -1.02. The van der Waals surface area contributed by atoms with Crippen molar-refractivity contribution in [2.75, 3.05) is 25.9 Å². The van der Waals surface area contributed by atoms with E-state index in [0.717, 1.165) is 0 Å². The summed E-state index contributed by atoms with van der Waals surface area (Å²) in [6.45, 7) is 3.63. The van der Waals surface area contributed by atoms with Crippen LogP contribution < -0.4 is 11.1 Å². The van der Waals surface area contributed by atoms with Gasteiger partial charge in [0, 0.05) is 26.6 Å². The van der Waals surface area contributed by atoms with Gasteiger partial charge in [0.15, 0.2) is 17.7 Å². The number of likely N-dealkylation sites (tertiary alicyclic amines) is 1. The number of nitrogens with two attached hydrogens (primary N) is 1. The number of nitrogens with one attached hydrogen (secondary N) is 1. The van der Waals surface area contributed by atoms with E-state index in [9.17, 15) is 19.8 Å². The first kappa shape index (κ1) is 22.9. The highest BCUT2D eigenvalue weighted by atomic mass is 16.6. The SMILES string of the molecule is CCOC1CC2(C)OC1(C(=O)NC[C@H]1O[C@@H](n3cnc4c(N)ncnc43)[C@H](O)[C@@H]1O)C(=O)N2C. The van der Waals surface area contributed by atoms with Crippen LogP contribution in [0.2, 0.25) is 0 Å². The number of aliphatic hydroxyl groups is 2. The minimum atomic E-state index is -1.82. The van der Waals surface area contributed by atoms with E-state index in [1.54, 1.807) is 20.9 Å². The zero-order valence-electron chi connectivity index (χ0n) is 18.9. The molecule has 0 radical (unpaired) electrons. The maximum atomic E-state index is 13.3. The number of nitrogen functional groups attached to an aromatic ring is 1. The van der Waals surface area contributed by atoms with Crippen molar-refractivity contribution >= 4 is 28.8 Å². The zero-order chi connectivity index (χ0) is 24.4. The Labute approximate surface area is 194 Å². The van der Waals surface area contributed by atoms with Gasteiger partial charge >= 0.3 is 0 Å². The number of carbonyl (C=O) groups is 2. The number of anilines is 1. The molecular formula is C20H27N7O7. The maximum absolute atomic E-state index is 13.3. The van der Waals surface area contributed by atoms with Crippen molar-refractivity contribution in [1.29, 1.82) is 0 Å². The first-order chi connectivity index (χ1) is 16.1. The van der Waals surface area contributed by atoms with Gasteiger partial charge in [-0.1, -0.05) is 0 Å². The summed E-state index contributed by atoms with van der Waals surface area (Å²) in [5, 5.41) is 23.8. The number of carbonyl (C=O) groups excluding carboxylic acids is 2. The van der Waals surface area contributed by atoms with Crippen LogP contribution in [0.3, 0.4) is 0 Å². The number of hydrogen-bond acceptors (Lipinski definition) is 11. The minimum absolute atomic E-state index is 0.165. The predicted molar refractivity (Wildman–Crippen MR) is 114 cm³/mol. The highest BCUT2D eigenvalue weighted by molar-refractivity contribution is 6.11. The molecule has 2 aromatic heterocycles. The van der Waals surface area contributed by atoms with Gasteiger partial charge in [-0.25, -0.2) is 15.0 Å². The lowest BCUT2D eigenvalue weighted by Gasteiger charge is -2.34. The Morgan fingerprint density at radius 3 is 2.82 bits per heavy atom. The summed E-state index contributed by atoms with van der Waals surface area (Å²) in [6, 6.07) is 0. The van der Waals surface area contributed by atoms with E-state index in [4.69, 9.17) is 19.9 Å². The van der Waals surface area contributed by atoms with Gasteiger partial charge in [-0.2, -0.15) is 0 Å². The Morgan fingerprint density at radius 1 is 1.35 bits per heavy atom. The Kier molecular flexibility index (Phi) is 5.25. The fourth-order valence-electron chi connectivity index (χ4n) is 4.97. The fraction of sp³-hybridized carbons (Fsp3) is 0.650. The van der Waals surface area contributed by atoms with Crippen molar-refractivity contribution < 1.29 is 34.0 Å². The lowest BCUT2D eigenvalue weighted by Crippen LogP contribution is -2.62. The number of rotatable bonds is 6. The van der Waals surface area contributed by atoms with Crippen molar-refractivity contribution in [2.24, 2.45) is 0 Å². The van der Waals surface area contributed by atoms with Crippen molar-refractivity contribution in [3.8, 4) is 0 Å². The summed E-state index contributed by atoms with van der Waals surface area (Å²) >= 11 is 0. The molecule has 3 saturated heterocycles. The molecular weight excluding hydrogens is 450 g/mol. The molecule has 2 amide bonds. The van der Waals surface area contributed by atoms with Crippen molar-refractivity contribution in [2.45, 2.75) is 62.2 Å².